The van der Waals surface area contributed by atoms with Crippen LogP contribution in [0.15, 0.2) is 54.6 Å². The number of rotatable bonds is 6. The summed E-state index contributed by atoms with van der Waals surface area (Å²) < 4.78 is 28.3. The van der Waals surface area contributed by atoms with Crippen LogP contribution < -0.4 is 5.73 Å². The van der Waals surface area contributed by atoms with Gasteiger partial charge in [-0.2, -0.15) is 0 Å². The van der Waals surface area contributed by atoms with E-state index >= 15 is 0 Å². The van der Waals surface area contributed by atoms with E-state index in [1.165, 1.54) is 6.07 Å². The molecule has 1 atom stereocenters. The predicted octanol–water partition coefficient (Wildman–Crippen LogP) is 4.62. The maximum Gasteiger partial charge on any atom is 0.220 e. The van der Waals surface area contributed by atoms with E-state index in [4.69, 9.17) is 5.73 Å². The fraction of sp³-hybridized carbons (Fsp3) is 0.348. The first-order valence-corrected chi connectivity index (χ1v) is 9.69. The van der Waals surface area contributed by atoms with Crippen molar-refractivity contribution in [1.29, 1.82) is 0 Å². The molecular weight excluding hydrogens is 358 g/mol. The van der Waals surface area contributed by atoms with Crippen molar-refractivity contribution in [2.75, 3.05) is 13.1 Å². The molecule has 0 aromatic heterocycles. The maximum absolute atomic E-state index is 14.5. The zero-order valence-electron chi connectivity index (χ0n) is 16.1. The number of hydrogen-bond acceptors (Lipinski definition) is 2. The first-order valence-electron chi connectivity index (χ1n) is 9.69. The van der Waals surface area contributed by atoms with Gasteiger partial charge in [-0.15, -0.1) is 0 Å². The average Bonchev–Trinajstić information content (AvgIpc) is 2.70. The van der Waals surface area contributed by atoms with Crippen LogP contribution in [0.25, 0.3) is 5.57 Å². The van der Waals surface area contributed by atoms with Crippen LogP contribution in [0.1, 0.15) is 43.7 Å². The van der Waals surface area contributed by atoms with Crippen molar-refractivity contribution >= 4 is 11.5 Å². The highest BCUT2D eigenvalue weighted by molar-refractivity contribution is 5.78. The Labute approximate surface area is 164 Å². The highest BCUT2D eigenvalue weighted by Gasteiger charge is 2.41. The predicted molar refractivity (Wildman–Crippen MR) is 107 cm³/mol. The zero-order chi connectivity index (χ0) is 20.1. The molecule has 0 spiro atoms. The molecule has 2 aromatic carbocycles. The molecule has 0 saturated carbocycles. The monoisotopic (exact) mass is 384 g/mol. The van der Waals surface area contributed by atoms with Crippen LogP contribution >= 0.6 is 0 Å². The van der Waals surface area contributed by atoms with Crippen molar-refractivity contribution in [3.05, 3.63) is 77.4 Å². The van der Waals surface area contributed by atoms with E-state index in [0.717, 1.165) is 36.1 Å². The highest BCUT2D eigenvalue weighted by atomic mass is 19.1. The minimum absolute atomic E-state index is 0.0355. The first-order chi connectivity index (χ1) is 13.5. The molecule has 1 unspecified atom stereocenters. The number of benzene rings is 2. The Bertz CT molecular complexity index is 866. The molecule has 1 aliphatic rings. The van der Waals surface area contributed by atoms with Crippen LogP contribution in [0.3, 0.4) is 0 Å². The minimum Gasteiger partial charge on any atom is -0.330 e. The van der Waals surface area contributed by atoms with Crippen molar-refractivity contribution in [3.8, 4) is 0 Å². The van der Waals surface area contributed by atoms with Crippen LogP contribution in [0.4, 0.5) is 8.78 Å². The van der Waals surface area contributed by atoms with Gasteiger partial charge in [-0.25, -0.2) is 8.78 Å². The van der Waals surface area contributed by atoms with Crippen molar-refractivity contribution in [2.45, 2.75) is 38.1 Å². The van der Waals surface area contributed by atoms with Gasteiger partial charge in [0.05, 0.1) is 5.54 Å². The summed E-state index contributed by atoms with van der Waals surface area (Å²) in [4.78, 5) is 14.4. The molecule has 0 saturated heterocycles. The molecule has 28 heavy (non-hydrogen) atoms. The number of amides is 1. The third kappa shape index (κ3) is 3.99. The molecule has 5 heteroatoms. The van der Waals surface area contributed by atoms with Gasteiger partial charge >= 0.3 is 0 Å². The Morgan fingerprint density at radius 3 is 2.57 bits per heavy atom. The summed E-state index contributed by atoms with van der Waals surface area (Å²) in [5, 5.41) is 0. The fourth-order valence-corrected chi connectivity index (χ4v) is 4.12. The van der Waals surface area contributed by atoms with Crippen molar-refractivity contribution < 1.29 is 13.6 Å². The van der Waals surface area contributed by atoms with Crippen molar-refractivity contribution in [1.82, 2.24) is 4.90 Å². The minimum atomic E-state index is -0.700. The molecule has 3 rings (SSSR count). The lowest BCUT2D eigenvalue weighted by molar-refractivity contribution is -0.134. The molecule has 148 valence electrons. The van der Waals surface area contributed by atoms with Crippen LogP contribution in [-0.2, 0) is 10.3 Å². The molecule has 1 aliphatic heterocycles. The van der Waals surface area contributed by atoms with E-state index in [-0.39, 0.29) is 11.5 Å². The van der Waals surface area contributed by atoms with Gasteiger partial charge in [0.2, 0.25) is 5.91 Å². The molecule has 3 nitrogen and oxygen atoms in total. The van der Waals surface area contributed by atoms with E-state index in [2.05, 4.69) is 0 Å². The van der Waals surface area contributed by atoms with E-state index in [0.29, 0.717) is 25.9 Å². The summed E-state index contributed by atoms with van der Waals surface area (Å²) in [6.07, 6.45) is 4.77. The Kier molecular flexibility index (Phi) is 6.25. The number of carbonyl (C=O) groups is 1. The normalized spacial score (nSPS) is 19.4. The van der Waals surface area contributed by atoms with Crippen molar-refractivity contribution in [3.63, 3.8) is 0 Å². The van der Waals surface area contributed by atoms with E-state index in [9.17, 15) is 13.6 Å². The second kappa shape index (κ2) is 8.65. The molecule has 0 aliphatic carbocycles. The van der Waals surface area contributed by atoms with E-state index in [1.807, 2.05) is 41.3 Å². The van der Waals surface area contributed by atoms with Gasteiger partial charge in [0.1, 0.15) is 11.6 Å². The quantitative estimate of drug-likeness (QED) is 0.739. The summed E-state index contributed by atoms with van der Waals surface area (Å²) >= 11 is 0. The Hall–Kier alpha value is -2.53. The Balaban J connectivity index is 2.17. The number of nitrogens with zero attached hydrogens (tertiary/aromatic N) is 1. The molecule has 0 fully saturated rings. The SMILES string of the molecule is CC(=O)N1CCC(c2cc(F)ccc2F)=CC1(CCCCN)c1ccccc1. The van der Waals surface area contributed by atoms with Gasteiger partial charge in [-0.3, -0.25) is 4.79 Å². The van der Waals surface area contributed by atoms with Crippen LogP contribution in [0.2, 0.25) is 0 Å². The summed E-state index contributed by atoms with van der Waals surface area (Å²) in [6, 6.07) is 13.3. The Morgan fingerprint density at radius 1 is 1.14 bits per heavy atom. The van der Waals surface area contributed by atoms with E-state index in [1.54, 1.807) is 6.92 Å². The van der Waals surface area contributed by atoms with Gasteiger partial charge in [0.15, 0.2) is 0 Å². The Morgan fingerprint density at radius 2 is 1.89 bits per heavy atom. The molecule has 2 aromatic rings. The largest absolute Gasteiger partial charge is 0.330 e. The second-order valence-corrected chi connectivity index (χ2v) is 7.25. The number of nitrogens with two attached hydrogens (primary N) is 1. The number of hydrogen-bond donors (Lipinski definition) is 1. The molecule has 1 amide bonds. The number of carbonyl (C=O) groups excluding carboxylic acids is 1. The van der Waals surface area contributed by atoms with E-state index < -0.39 is 17.2 Å². The molecule has 0 radical (unpaired) electrons. The number of halogens is 2. The first kappa shape index (κ1) is 20.2. The van der Waals surface area contributed by atoms with Crippen LogP contribution in [0, 0.1) is 11.6 Å². The smallest absolute Gasteiger partial charge is 0.220 e. The maximum atomic E-state index is 14.5. The standard InChI is InChI=1S/C23H26F2N2O/c1-17(28)27-14-11-18(21-15-20(24)9-10-22(21)25)16-23(27,12-5-6-13-26)19-7-3-2-4-8-19/h2-4,7-10,15-16H,5-6,11-14,26H2,1H3. The third-order valence-electron chi connectivity index (χ3n) is 5.44. The number of unbranched alkanes of at least 4 members (excludes halogenated alkanes) is 1. The molecule has 1 heterocycles. The molecule has 0 bridgehead atoms. The lowest BCUT2D eigenvalue weighted by Crippen LogP contribution is -2.50. The topological polar surface area (TPSA) is 46.3 Å². The van der Waals surface area contributed by atoms with Gasteiger partial charge in [-0.1, -0.05) is 36.4 Å². The van der Waals surface area contributed by atoms with Gasteiger partial charge in [0, 0.05) is 19.0 Å². The third-order valence-corrected chi connectivity index (χ3v) is 5.44. The summed E-state index contributed by atoms with van der Waals surface area (Å²) in [7, 11) is 0. The summed E-state index contributed by atoms with van der Waals surface area (Å²) in [5.74, 6) is -0.959. The van der Waals surface area contributed by atoms with Crippen LogP contribution in [0.5, 0.6) is 0 Å². The van der Waals surface area contributed by atoms with Crippen molar-refractivity contribution in [2.24, 2.45) is 5.73 Å². The highest BCUT2D eigenvalue weighted by Crippen LogP contribution is 2.43. The van der Waals surface area contributed by atoms with Gasteiger partial charge < -0.3 is 10.6 Å². The van der Waals surface area contributed by atoms with Crippen LogP contribution in [-0.4, -0.2) is 23.9 Å². The average molecular weight is 384 g/mol. The van der Waals surface area contributed by atoms with Gasteiger partial charge in [-0.05, 0) is 61.6 Å². The summed E-state index contributed by atoms with van der Waals surface area (Å²) in [5.41, 5.74) is 6.95. The molecule has 2 N–H and O–H groups in total. The van der Waals surface area contributed by atoms with Gasteiger partial charge in [0.25, 0.3) is 0 Å². The zero-order valence-corrected chi connectivity index (χ0v) is 16.1. The molecular formula is C23H26F2N2O. The summed E-state index contributed by atoms with van der Waals surface area (Å²) in [6.45, 7) is 2.58. The second-order valence-electron chi connectivity index (χ2n) is 7.25. The lowest BCUT2D eigenvalue weighted by Gasteiger charge is -2.46. The fourth-order valence-electron chi connectivity index (χ4n) is 4.12. The lowest BCUT2D eigenvalue weighted by atomic mass is 9.77.